The van der Waals surface area contributed by atoms with E-state index in [-0.39, 0.29) is 10.7 Å². The van der Waals surface area contributed by atoms with Crippen molar-refractivity contribution in [2.75, 3.05) is 11.9 Å². The maximum atomic E-state index is 5.91. The zero-order chi connectivity index (χ0) is 14.8. The fourth-order valence-electron chi connectivity index (χ4n) is 1.38. The highest BCUT2D eigenvalue weighted by molar-refractivity contribution is 6.28. The van der Waals surface area contributed by atoms with Crippen LogP contribution in [0.2, 0.25) is 5.28 Å². The molecule has 108 valence electrons. The molecule has 2 rings (SSSR count). The molecule has 0 aliphatic rings. The topological polar surface area (TPSA) is 81.4 Å². The van der Waals surface area contributed by atoms with Crippen LogP contribution in [0.5, 0.6) is 0 Å². The highest BCUT2D eigenvalue weighted by atomic mass is 35.5. The van der Waals surface area contributed by atoms with Crippen LogP contribution in [0.3, 0.4) is 0 Å². The minimum atomic E-state index is 0.122. The second-order valence-corrected chi connectivity index (χ2v) is 6.05. The molecular formula is C12H18ClN7. The second kappa shape index (κ2) is 5.70. The van der Waals surface area contributed by atoms with E-state index in [1.807, 2.05) is 0 Å². The summed E-state index contributed by atoms with van der Waals surface area (Å²) in [6.07, 6.45) is 2.92. The molecule has 0 aliphatic heterocycles. The zero-order valence-electron chi connectivity index (χ0n) is 12.0. The van der Waals surface area contributed by atoms with Gasteiger partial charge in [0.25, 0.3) is 5.95 Å². The van der Waals surface area contributed by atoms with Crippen LogP contribution in [0.25, 0.3) is 5.95 Å². The molecule has 0 radical (unpaired) electrons. The lowest BCUT2D eigenvalue weighted by Crippen LogP contribution is -2.25. The molecule has 1 unspecified atom stereocenters. The normalized spacial score (nSPS) is 13.2. The van der Waals surface area contributed by atoms with Crippen molar-refractivity contribution in [3.8, 4) is 5.95 Å². The van der Waals surface area contributed by atoms with Gasteiger partial charge in [-0.2, -0.15) is 24.7 Å². The van der Waals surface area contributed by atoms with E-state index in [1.165, 1.54) is 17.3 Å². The number of nitrogens with zero attached hydrogens (tertiary/aromatic N) is 6. The first-order chi connectivity index (χ1) is 9.36. The van der Waals surface area contributed by atoms with E-state index in [1.54, 1.807) is 0 Å². The number of hydrogen-bond donors (Lipinski definition) is 1. The number of nitrogens with one attached hydrogen (secondary N) is 1. The molecule has 0 fully saturated rings. The number of anilines is 1. The lowest BCUT2D eigenvalue weighted by Gasteiger charge is -2.27. The summed E-state index contributed by atoms with van der Waals surface area (Å²) < 4.78 is 1.44. The van der Waals surface area contributed by atoms with Crippen LogP contribution in [0.1, 0.15) is 27.7 Å². The summed E-state index contributed by atoms with van der Waals surface area (Å²) >= 11 is 5.91. The van der Waals surface area contributed by atoms with Crippen LogP contribution in [-0.4, -0.2) is 36.3 Å². The molecule has 0 amide bonds. The average molecular weight is 296 g/mol. The quantitative estimate of drug-likeness (QED) is 0.931. The maximum Gasteiger partial charge on any atom is 0.258 e. The van der Waals surface area contributed by atoms with Crippen molar-refractivity contribution in [3.63, 3.8) is 0 Å². The summed E-state index contributed by atoms with van der Waals surface area (Å²) in [6.45, 7) is 9.51. The molecule has 0 saturated carbocycles. The van der Waals surface area contributed by atoms with Crippen LogP contribution in [0.4, 0.5) is 5.95 Å². The molecule has 2 aromatic rings. The standard InChI is InChI=1S/C12H18ClN7/c1-8(12(2,3)4)5-15-10-17-9(13)18-11(19-10)20-7-14-6-16-20/h6-8H,5H2,1-4H3,(H,15,17,18,19). The van der Waals surface area contributed by atoms with E-state index in [2.05, 4.69) is 58.0 Å². The molecule has 1 atom stereocenters. The largest absolute Gasteiger partial charge is 0.354 e. The van der Waals surface area contributed by atoms with Crippen molar-refractivity contribution >= 4 is 17.5 Å². The Morgan fingerprint density at radius 1 is 1.30 bits per heavy atom. The third-order valence-electron chi connectivity index (χ3n) is 3.26. The Morgan fingerprint density at radius 3 is 2.65 bits per heavy atom. The molecule has 0 saturated heterocycles. The summed E-state index contributed by atoms with van der Waals surface area (Å²) in [4.78, 5) is 16.2. The van der Waals surface area contributed by atoms with Gasteiger partial charge in [0.1, 0.15) is 12.7 Å². The van der Waals surface area contributed by atoms with Gasteiger partial charge in [0.15, 0.2) is 0 Å². The zero-order valence-corrected chi connectivity index (χ0v) is 12.8. The van der Waals surface area contributed by atoms with Crippen LogP contribution >= 0.6 is 11.6 Å². The molecule has 0 bridgehead atoms. The van der Waals surface area contributed by atoms with Crippen molar-refractivity contribution < 1.29 is 0 Å². The van der Waals surface area contributed by atoms with Gasteiger partial charge in [-0.3, -0.25) is 0 Å². The highest BCUT2D eigenvalue weighted by Crippen LogP contribution is 2.25. The number of aromatic nitrogens is 6. The summed E-state index contributed by atoms with van der Waals surface area (Å²) in [7, 11) is 0. The fraction of sp³-hybridized carbons (Fsp3) is 0.583. The lowest BCUT2D eigenvalue weighted by molar-refractivity contribution is 0.274. The van der Waals surface area contributed by atoms with E-state index in [4.69, 9.17) is 11.6 Å². The molecule has 0 spiro atoms. The van der Waals surface area contributed by atoms with Crippen molar-refractivity contribution in [3.05, 3.63) is 17.9 Å². The van der Waals surface area contributed by atoms with Crippen LogP contribution in [0, 0.1) is 11.3 Å². The van der Waals surface area contributed by atoms with Crippen molar-refractivity contribution in [1.82, 2.24) is 29.7 Å². The van der Waals surface area contributed by atoms with Crippen molar-refractivity contribution in [2.24, 2.45) is 11.3 Å². The van der Waals surface area contributed by atoms with E-state index < -0.39 is 0 Å². The fourth-order valence-corrected chi connectivity index (χ4v) is 1.54. The average Bonchev–Trinajstić information content (AvgIpc) is 2.88. The first-order valence-electron chi connectivity index (χ1n) is 6.36. The van der Waals surface area contributed by atoms with Gasteiger partial charge in [0.2, 0.25) is 11.2 Å². The molecular weight excluding hydrogens is 278 g/mol. The van der Waals surface area contributed by atoms with Gasteiger partial charge in [0.05, 0.1) is 0 Å². The molecule has 20 heavy (non-hydrogen) atoms. The smallest absolute Gasteiger partial charge is 0.258 e. The predicted molar refractivity (Wildman–Crippen MR) is 76.9 cm³/mol. The Kier molecular flexibility index (Phi) is 4.17. The predicted octanol–water partition coefficient (Wildman–Crippen LogP) is 2.20. The third kappa shape index (κ3) is 3.63. The van der Waals surface area contributed by atoms with Gasteiger partial charge < -0.3 is 5.32 Å². The van der Waals surface area contributed by atoms with Gasteiger partial charge in [-0.05, 0) is 22.9 Å². The number of rotatable bonds is 4. The lowest BCUT2D eigenvalue weighted by atomic mass is 9.82. The van der Waals surface area contributed by atoms with Crippen LogP contribution in [0.15, 0.2) is 12.7 Å². The Balaban J connectivity index is 2.13. The first kappa shape index (κ1) is 14.6. The van der Waals surface area contributed by atoms with Gasteiger partial charge in [0, 0.05) is 6.54 Å². The Morgan fingerprint density at radius 2 is 2.05 bits per heavy atom. The molecule has 0 aromatic carbocycles. The first-order valence-corrected chi connectivity index (χ1v) is 6.74. The number of halogens is 1. The van der Waals surface area contributed by atoms with Crippen LogP contribution in [-0.2, 0) is 0 Å². The Hall–Kier alpha value is -1.76. The monoisotopic (exact) mass is 295 g/mol. The van der Waals surface area contributed by atoms with E-state index >= 15 is 0 Å². The van der Waals surface area contributed by atoms with Gasteiger partial charge in [-0.1, -0.05) is 27.7 Å². The molecule has 7 nitrogen and oxygen atoms in total. The van der Waals surface area contributed by atoms with Crippen LogP contribution < -0.4 is 5.32 Å². The minimum Gasteiger partial charge on any atom is -0.354 e. The molecule has 0 aliphatic carbocycles. The molecule has 1 N–H and O–H groups in total. The maximum absolute atomic E-state index is 5.91. The molecule has 8 heteroatoms. The third-order valence-corrected chi connectivity index (χ3v) is 3.43. The second-order valence-electron chi connectivity index (χ2n) is 5.72. The summed E-state index contributed by atoms with van der Waals surface area (Å²) in [5, 5.41) is 7.28. The Bertz CT molecular complexity index is 562. The Labute approximate surface area is 122 Å². The number of hydrogen-bond acceptors (Lipinski definition) is 6. The van der Waals surface area contributed by atoms with Crippen molar-refractivity contribution in [1.29, 1.82) is 0 Å². The molecule has 2 heterocycles. The minimum absolute atomic E-state index is 0.122. The van der Waals surface area contributed by atoms with E-state index in [0.717, 1.165) is 6.54 Å². The highest BCUT2D eigenvalue weighted by Gasteiger charge is 2.20. The summed E-state index contributed by atoms with van der Waals surface area (Å²) in [5.41, 5.74) is 0.207. The van der Waals surface area contributed by atoms with E-state index in [9.17, 15) is 0 Å². The SMILES string of the molecule is CC(CNc1nc(Cl)nc(-n2cncn2)n1)C(C)(C)C. The van der Waals surface area contributed by atoms with Gasteiger partial charge >= 0.3 is 0 Å². The van der Waals surface area contributed by atoms with Crippen molar-refractivity contribution in [2.45, 2.75) is 27.7 Å². The van der Waals surface area contributed by atoms with Gasteiger partial charge in [-0.15, -0.1) is 0 Å². The summed E-state index contributed by atoms with van der Waals surface area (Å²) in [5.74, 6) is 1.23. The van der Waals surface area contributed by atoms with Gasteiger partial charge in [-0.25, -0.2) is 4.98 Å². The molecule has 2 aromatic heterocycles. The van der Waals surface area contributed by atoms with E-state index in [0.29, 0.717) is 17.8 Å². The summed E-state index contributed by atoms with van der Waals surface area (Å²) in [6, 6.07) is 0.